The average Bonchev–Trinajstić information content (AvgIpc) is 1.99. The summed E-state index contributed by atoms with van der Waals surface area (Å²) in [6.45, 7) is 7.61. The average molecular weight is 180 g/mol. The molecule has 0 aliphatic heterocycles. The first kappa shape index (κ1) is 18.8. The van der Waals surface area contributed by atoms with E-state index in [4.69, 9.17) is 5.11 Å². The molecule has 0 aromatic heterocycles. The van der Waals surface area contributed by atoms with Gasteiger partial charge in [0, 0.05) is 6.42 Å². The van der Waals surface area contributed by atoms with Gasteiger partial charge in [-0.25, -0.2) is 0 Å². The molecule has 0 atom stereocenters. The molecule has 0 heterocycles. The molecule has 0 saturated heterocycles. The summed E-state index contributed by atoms with van der Waals surface area (Å²) in [6, 6.07) is 0. The molecule has 0 spiro atoms. The predicted molar refractivity (Wildman–Crippen MR) is 52.0 cm³/mol. The molecular weight excluding hydrogens is 159 g/mol. The molecule has 2 nitrogen and oxygen atoms in total. The van der Waals surface area contributed by atoms with Crippen molar-refractivity contribution in [2.24, 2.45) is 0 Å². The summed E-state index contributed by atoms with van der Waals surface area (Å²) >= 11 is 0. The van der Waals surface area contributed by atoms with Gasteiger partial charge in [-0.2, -0.15) is 6.42 Å². The minimum Gasteiger partial charge on any atom is -0.481 e. The summed E-state index contributed by atoms with van der Waals surface area (Å²) in [6.07, 6.45) is 5.55. The second kappa shape index (κ2) is 18.0. The van der Waals surface area contributed by atoms with Crippen molar-refractivity contribution in [3.63, 3.8) is 0 Å². The van der Waals surface area contributed by atoms with E-state index in [2.05, 4.69) is 13.8 Å². The van der Waals surface area contributed by atoms with Crippen molar-refractivity contribution < 1.29 is 28.8 Å². The minimum absolute atomic E-state index is 0. The van der Waals surface area contributed by atoms with Gasteiger partial charge >= 0.3 is 24.8 Å². The Morgan fingerprint density at radius 1 is 1.23 bits per heavy atom. The molecule has 0 aliphatic carbocycles. The fraction of sp³-hybridized carbons (Fsp3) is 0.800. The van der Waals surface area contributed by atoms with Crippen LogP contribution >= 0.6 is 0 Å². The van der Waals surface area contributed by atoms with Crippen LogP contribution in [0.1, 0.15) is 52.4 Å². The number of carboxylic acid groups (broad SMARTS) is 1. The third-order valence-electron chi connectivity index (χ3n) is 1.24. The molecular formula is C10H21LiO2. The van der Waals surface area contributed by atoms with Crippen molar-refractivity contribution >= 4 is 5.97 Å². The topological polar surface area (TPSA) is 37.3 Å². The van der Waals surface area contributed by atoms with Crippen molar-refractivity contribution in [1.82, 2.24) is 0 Å². The van der Waals surface area contributed by atoms with Crippen LogP contribution in [0, 0.1) is 6.92 Å². The molecule has 13 heavy (non-hydrogen) atoms. The number of hydrogen-bond acceptors (Lipinski definition) is 1. The zero-order chi connectivity index (χ0) is 9.82. The normalized spacial score (nSPS) is 7.92. The van der Waals surface area contributed by atoms with Crippen LogP contribution in [0.25, 0.3) is 0 Å². The smallest absolute Gasteiger partial charge is 0.481 e. The van der Waals surface area contributed by atoms with Crippen LogP contribution in [-0.4, -0.2) is 11.1 Å². The van der Waals surface area contributed by atoms with Crippen molar-refractivity contribution in [1.29, 1.82) is 0 Å². The van der Waals surface area contributed by atoms with E-state index >= 15 is 0 Å². The van der Waals surface area contributed by atoms with Gasteiger partial charge in [0.05, 0.1) is 0 Å². The molecule has 1 N–H and O–H groups in total. The maximum atomic E-state index is 9.96. The Labute approximate surface area is 94.3 Å². The van der Waals surface area contributed by atoms with Crippen molar-refractivity contribution in [3.8, 4) is 0 Å². The summed E-state index contributed by atoms with van der Waals surface area (Å²) in [4.78, 5) is 9.96. The standard InChI is InChI=1S/C7H14O2.C3H7.Li/c1-2-3-4-5-6-7(8)9;1-3-2;/h2-6H2,1H3,(H,8,9);1,3H2,2H3;/q;-1;+1. The van der Waals surface area contributed by atoms with Crippen molar-refractivity contribution in [2.75, 3.05) is 0 Å². The van der Waals surface area contributed by atoms with Crippen LogP contribution in [0.2, 0.25) is 0 Å². The molecule has 0 unspecified atom stereocenters. The monoisotopic (exact) mass is 180 g/mol. The number of carbonyl (C=O) groups is 1. The van der Waals surface area contributed by atoms with E-state index in [0.29, 0.717) is 6.42 Å². The molecule has 0 aliphatic rings. The van der Waals surface area contributed by atoms with E-state index in [1.165, 1.54) is 6.42 Å². The van der Waals surface area contributed by atoms with Gasteiger partial charge in [-0.3, -0.25) is 4.79 Å². The van der Waals surface area contributed by atoms with Crippen LogP contribution in [-0.2, 0) is 4.79 Å². The molecule has 74 valence electrons. The number of carboxylic acids is 1. The first-order valence-corrected chi connectivity index (χ1v) is 4.70. The summed E-state index contributed by atoms with van der Waals surface area (Å²) in [5, 5.41) is 8.21. The molecule has 0 saturated carbocycles. The largest absolute Gasteiger partial charge is 1.00 e. The Balaban J connectivity index is -0.000000220. The maximum Gasteiger partial charge on any atom is 1.00 e. The third kappa shape index (κ3) is 33.2. The predicted octanol–water partition coefficient (Wildman–Crippen LogP) is 0.276. The Morgan fingerprint density at radius 3 is 2.00 bits per heavy atom. The zero-order valence-corrected chi connectivity index (χ0v) is 9.31. The number of rotatable bonds is 5. The summed E-state index contributed by atoms with van der Waals surface area (Å²) in [7, 11) is 0. The maximum absolute atomic E-state index is 9.96. The Morgan fingerprint density at radius 2 is 1.69 bits per heavy atom. The van der Waals surface area contributed by atoms with Gasteiger partial charge in [0.1, 0.15) is 0 Å². The van der Waals surface area contributed by atoms with Crippen LogP contribution < -0.4 is 18.9 Å². The van der Waals surface area contributed by atoms with Gasteiger partial charge in [-0.15, -0.1) is 0 Å². The van der Waals surface area contributed by atoms with Gasteiger partial charge in [-0.1, -0.05) is 33.1 Å². The summed E-state index contributed by atoms with van der Waals surface area (Å²) in [5.41, 5.74) is 0. The molecule has 0 radical (unpaired) electrons. The van der Waals surface area contributed by atoms with Crippen LogP contribution in [0.3, 0.4) is 0 Å². The molecule has 0 fully saturated rings. The van der Waals surface area contributed by atoms with Gasteiger partial charge in [0.2, 0.25) is 0 Å². The molecule has 3 heteroatoms. The van der Waals surface area contributed by atoms with E-state index in [-0.39, 0.29) is 18.9 Å². The van der Waals surface area contributed by atoms with E-state index in [1.54, 1.807) is 0 Å². The molecule has 0 aromatic rings. The quantitative estimate of drug-likeness (QED) is 0.375. The van der Waals surface area contributed by atoms with Crippen LogP contribution in [0.4, 0.5) is 0 Å². The van der Waals surface area contributed by atoms with Crippen LogP contribution in [0.15, 0.2) is 0 Å². The van der Waals surface area contributed by atoms with Crippen molar-refractivity contribution in [2.45, 2.75) is 52.4 Å². The number of aliphatic carboxylic acids is 1. The van der Waals surface area contributed by atoms with E-state index in [9.17, 15) is 4.79 Å². The summed E-state index contributed by atoms with van der Waals surface area (Å²) in [5.74, 6) is -0.675. The summed E-state index contributed by atoms with van der Waals surface area (Å²) < 4.78 is 0. The van der Waals surface area contributed by atoms with Crippen LogP contribution in [0.5, 0.6) is 0 Å². The first-order valence-electron chi connectivity index (χ1n) is 4.70. The SMILES string of the molecule is CCCCCCC(=O)O.[CH2-]CC.[Li+]. The van der Waals surface area contributed by atoms with Gasteiger partial charge in [0.15, 0.2) is 0 Å². The third-order valence-corrected chi connectivity index (χ3v) is 1.24. The first-order chi connectivity index (χ1) is 5.68. The molecule has 0 bridgehead atoms. The zero-order valence-electron chi connectivity index (χ0n) is 9.31. The van der Waals surface area contributed by atoms with Gasteiger partial charge in [-0.05, 0) is 6.42 Å². The van der Waals surface area contributed by atoms with Gasteiger partial charge < -0.3 is 12.0 Å². The fourth-order valence-electron chi connectivity index (χ4n) is 0.703. The number of unbranched alkanes of at least 4 members (excludes halogenated alkanes) is 3. The minimum atomic E-state index is -0.675. The Kier molecular flexibility index (Phi) is 26.0. The van der Waals surface area contributed by atoms with Crippen molar-refractivity contribution in [3.05, 3.63) is 6.92 Å². The van der Waals surface area contributed by atoms with E-state index in [1.807, 2.05) is 6.92 Å². The fourth-order valence-corrected chi connectivity index (χ4v) is 0.703. The molecule has 0 amide bonds. The second-order valence-electron chi connectivity index (χ2n) is 2.70. The second-order valence-corrected chi connectivity index (χ2v) is 2.70. The van der Waals surface area contributed by atoms with E-state index in [0.717, 1.165) is 25.7 Å². The Bertz CT molecular complexity index is 94.9. The van der Waals surface area contributed by atoms with Gasteiger partial charge in [0.25, 0.3) is 0 Å². The molecule has 0 aromatic carbocycles. The van der Waals surface area contributed by atoms with E-state index < -0.39 is 5.97 Å². The number of hydrogen-bond donors (Lipinski definition) is 1. The Hall–Kier alpha value is 0.0674. The molecule has 0 rings (SSSR count).